The van der Waals surface area contributed by atoms with E-state index in [0.717, 1.165) is 19.4 Å². The third-order valence-corrected chi connectivity index (χ3v) is 2.49. The molecule has 1 heterocycles. The second-order valence-electron chi connectivity index (χ2n) is 4.55. The zero-order valence-corrected chi connectivity index (χ0v) is 8.84. The van der Waals surface area contributed by atoms with Gasteiger partial charge < -0.3 is 15.2 Å². The topological polar surface area (TPSA) is 41.5 Å². The lowest BCUT2D eigenvalue weighted by Gasteiger charge is -2.37. The minimum absolute atomic E-state index is 0.00884. The fourth-order valence-corrected chi connectivity index (χ4v) is 1.83. The third kappa shape index (κ3) is 3.63. The number of aliphatic hydroxyl groups is 1. The molecule has 1 rings (SSSR count). The average Bonchev–Trinajstić information content (AvgIpc) is 2.02. The van der Waals surface area contributed by atoms with Crippen molar-refractivity contribution in [2.45, 2.75) is 51.3 Å². The molecule has 3 nitrogen and oxygen atoms in total. The van der Waals surface area contributed by atoms with E-state index in [1.54, 1.807) is 0 Å². The molecule has 13 heavy (non-hydrogen) atoms. The molecule has 1 saturated heterocycles. The Hall–Kier alpha value is -0.120. The zero-order valence-electron chi connectivity index (χ0n) is 8.84. The first-order chi connectivity index (χ1) is 6.03. The van der Waals surface area contributed by atoms with Gasteiger partial charge in [0, 0.05) is 18.7 Å². The fourth-order valence-electron chi connectivity index (χ4n) is 1.83. The lowest BCUT2D eigenvalue weighted by atomic mass is 9.93. The molecule has 1 unspecified atom stereocenters. The summed E-state index contributed by atoms with van der Waals surface area (Å²) < 4.78 is 5.61. The van der Waals surface area contributed by atoms with Gasteiger partial charge in [-0.25, -0.2) is 0 Å². The maximum Gasteiger partial charge on any atom is 0.0641 e. The van der Waals surface area contributed by atoms with Crippen LogP contribution in [0.4, 0.5) is 0 Å². The highest BCUT2D eigenvalue weighted by Crippen LogP contribution is 2.23. The Morgan fingerprint density at radius 1 is 1.62 bits per heavy atom. The average molecular weight is 187 g/mol. The lowest BCUT2D eigenvalue weighted by molar-refractivity contribution is -0.0645. The molecule has 2 N–H and O–H groups in total. The maximum absolute atomic E-state index is 8.90. The number of rotatable bonds is 3. The van der Waals surface area contributed by atoms with E-state index in [1.807, 2.05) is 6.92 Å². The quantitative estimate of drug-likeness (QED) is 0.690. The van der Waals surface area contributed by atoms with Crippen LogP contribution in [0.25, 0.3) is 0 Å². The van der Waals surface area contributed by atoms with E-state index in [9.17, 15) is 0 Å². The molecule has 0 saturated carbocycles. The number of nitrogens with one attached hydrogen (secondary N) is 1. The number of ether oxygens (including phenoxy) is 1. The maximum atomic E-state index is 8.90. The van der Waals surface area contributed by atoms with Crippen LogP contribution in [-0.2, 0) is 4.74 Å². The Kier molecular flexibility index (Phi) is 3.71. The molecule has 1 fully saturated rings. The van der Waals surface area contributed by atoms with E-state index in [1.165, 1.54) is 0 Å². The number of hydrogen-bond acceptors (Lipinski definition) is 3. The summed E-state index contributed by atoms with van der Waals surface area (Å²) in [6, 6.07) is 0.685. The summed E-state index contributed by atoms with van der Waals surface area (Å²) in [5.74, 6) is 0. The van der Waals surface area contributed by atoms with E-state index in [0.29, 0.717) is 6.04 Å². The van der Waals surface area contributed by atoms with Gasteiger partial charge in [-0.2, -0.15) is 0 Å². The van der Waals surface area contributed by atoms with Gasteiger partial charge in [0.2, 0.25) is 0 Å². The highest BCUT2D eigenvalue weighted by Gasteiger charge is 2.28. The van der Waals surface area contributed by atoms with E-state index in [2.05, 4.69) is 19.2 Å². The minimum atomic E-state index is -0.00884. The Morgan fingerprint density at radius 3 is 2.85 bits per heavy atom. The largest absolute Gasteiger partial charge is 0.395 e. The second-order valence-corrected chi connectivity index (χ2v) is 4.55. The van der Waals surface area contributed by atoms with E-state index < -0.39 is 0 Å². The summed E-state index contributed by atoms with van der Waals surface area (Å²) in [6.45, 7) is 7.26. The summed E-state index contributed by atoms with van der Waals surface area (Å²) in [4.78, 5) is 0. The molecule has 0 amide bonds. The van der Waals surface area contributed by atoms with Crippen LogP contribution >= 0.6 is 0 Å². The summed E-state index contributed by atoms with van der Waals surface area (Å²) in [5, 5.41) is 12.3. The second kappa shape index (κ2) is 4.40. The monoisotopic (exact) mass is 187 g/mol. The highest BCUT2D eigenvalue weighted by molar-refractivity contribution is 4.84. The van der Waals surface area contributed by atoms with Crippen molar-refractivity contribution in [3.8, 4) is 0 Å². The van der Waals surface area contributed by atoms with Crippen LogP contribution in [0, 0.1) is 0 Å². The van der Waals surface area contributed by atoms with Crippen LogP contribution in [0.2, 0.25) is 0 Å². The van der Waals surface area contributed by atoms with Crippen molar-refractivity contribution in [1.29, 1.82) is 0 Å². The number of aliphatic hydroxyl groups excluding tert-OH is 1. The van der Waals surface area contributed by atoms with Gasteiger partial charge in [0.15, 0.2) is 0 Å². The molecule has 0 aromatic rings. The number of hydrogen-bond donors (Lipinski definition) is 2. The van der Waals surface area contributed by atoms with E-state index >= 15 is 0 Å². The molecular formula is C10H21NO2. The summed E-state index contributed by atoms with van der Waals surface area (Å²) >= 11 is 0. The first-order valence-corrected chi connectivity index (χ1v) is 5.04. The third-order valence-electron chi connectivity index (χ3n) is 2.49. The van der Waals surface area contributed by atoms with Gasteiger partial charge in [0.05, 0.1) is 12.2 Å². The van der Waals surface area contributed by atoms with Gasteiger partial charge in [-0.3, -0.25) is 0 Å². The fraction of sp³-hybridized carbons (Fsp3) is 1.00. The smallest absolute Gasteiger partial charge is 0.0641 e. The van der Waals surface area contributed by atoms with Crippen molar-refractivity contribution in [3.05, 3.63) is 0 Å². The lowest BCUT2D eigenvalue weighted by Crippen LogP contribution is -2.47. The summed E-state index contributed by atoms with van der Waals surface area (Å²) in [6.07, 6.45) is 2.07. The molecule has 2 atom stereocenters. The SMILES string of the molecule is C[C@H](CO)NC1CCOC(C)(C)C1. The Morgan fingerprint density at radius 2 is 2.31 bits per heavy atom. The summed E-state index contributed by atoms with van der Waals surface area (Å²) in [7, 11) is 0. The van der Waals surface area contributed by atoms with Crippen molar-refractivity contribution >= 4 is 0 Å². The first kappa shape index (κ1) is 11.0. The molecule has 0 aromatic heterocycles. The van der Waals surface area contributed by atoms with Crippen LogP contribution < -0.4 is 5.32 Å². The van der Waals surface area contributed by atoms with Gasteiger partial charge in [0.25, 0.3) is 0 Å². The van der Waals surface area contributed by atoms with Gasteiger partial charge in [-0.15, -0.1) is 0 Å². The van der Waals surface area contributed by atoms with E-state index in [-0.39, 0.29) is 18.2 Å². The molecule has 0 spiro atoms. The van der Waals surface area contributed by atoms with Crippen molar-refractivity contribution in [1.82, 2.24) is 5.32 Å². The molecule has 0 radical (unpaired) electrons. The molecule has 0 aliphatic carbocycles. The van der Waals surface area contributed by atoms with Crippen LogP contribution in [0.15, 0.2) is 0 Å². The standard InChI is InChI=1S/C10H21NO2/c1-8(7-12)11-9-4-5-13-10(2,3)6-9/h8-9,11-12H,4-7H2,1-3H3/t8-,9?/m1/s1. The molecule has 3 heteroatoms. The van der Waals surface area contributed by atoms with Crippen LogP contribution in [-0.4, -0.2) is 36.0 Å². The molecule has 1 aliphatic heterocycles. The first-order valence-electron chi connectivity index (χ1n) is 5.04. The van der Waals surface area contributed by atoms with E-state index in [4.69, 9.17) is 9.84 Å². The molecule has 78 valence electrons. The predicted octanol–water partition coefficient (Wildman–Crippen LogP) is 0.914. The van der Waals surface area contributed by atoms with Gasteiger partial charge in [0.1, 0.15) is 0 Å². The van der Waals surface area contributed by atoms with Crippen molar-refractivity contribution in [2.75, 3.05) is 13.2 Å². The van der Waals surface area contributed by atoms with Gasteiger partial charge in [-0.1, -0.05) is 0 Å². The predicted molar refractivity (Wildman–Crippen MR) is 52.7 cm³/mol. The highest BCUT2D eigenvalue weighted by atomic mass is 16.5. The van der Waals surface area contributed by atoms with Crippen molar-refractivity contribution < 1.29 is 9.84 Å². The molecule has 0 aromatic carbocycles. The van der Waals surface area contributed by atoms with Crippen LogP contribution in [0.3, 0.4) is 0 Å². The zero-order chi connectivity index (χ0) is 9.90. The molecular weight excluding hydrogens is 166 g/mol. The van der Waals surface area contributed by atoms with Crippen molar-refractivity contribution in [2.24, 2.45) is 0 Å². The van der Waals surface area contributed by atoms with Gasteiger partial charge in [-0.05, 0) is 33.6 Å². The normalized spacial score (nSPS) is 30.0. The Labute approximate surface area is 80.5 Å². The van der Waals surface area contributed by atoms with Gasteiger partial charge >= 0.3 is 0 Å². The van der Waals surface area contributed by atoms with Crippen LogP contribution in [0.5, 0.6) is 0 Å². The minimum Gasteiger partial charge on any atom is -0.395 e. The van der Waals surface area contributed by atoms with Crippen molar-refractivity contribution in [3.63, 3.8) is 0 Å². The molecule has 1 aliphatic rings. The Balaban J connectivity index is 2.34. The molecule has 0 bridgehead atoms. The Bertz CT molecular complexity index is 159. The van der Waals surface area contributed by atoms with Crippen LogP contribution in [0.1, 0.15) is 33.6 Å². The summed E-state index contributed by atoms with van der Waals surface area (Å²) in [5.41, 5.74) is -0.00884.